The van der Waals surface area contributed by atoms with E-state index in [1.165, 1.54) is 23.1 Å². The zero-order valence-corrected chi connectivity index (χ0v) is 30.4. The third-order valence-corrected chi connectivity index (χ3v) is 10.1. The maximum atomic E-state index is 13.9. The summed E-state index contributed by atoms with van der Waals surface area (Å²) < 4.78 is 5.26. The second-order valence-electron chi connectivity index (χ2n) is 11.8. The van der Waals surface area contributed by atoms with Crippen molar-refractivity contribution in [3.63, 3.8) is 0 Å². The number of amides is 3. The number of benzene rings is 5. The molecular weight excluding hydrogens is 689 g/mol. The van der Waals surface area contributed by atoms with Gasteiger partial charge in [-0.25, -0.2) is 4.98 Å². The van der Waals surface area contributed by atoms with Gasteiger partial charge in [-0.2, -0.15) is 0 Å². The Hall–Kier alpha value is -5.97. The molecule has 6 rings (SSSR count). The van der Waals surface area contributed by atoms with Crippen LogP contribution < -0.4 is 20.7 Å². The van der Waals surface area contributed by atoms with Gasteiger partial charge in [0.15, 0.2) is 5.13 Å². The second-order valence-corrected chi connectivity index (χ2v) is 14.2. The minimum atomic E-state index is -0.616. The van der Waals surface area contributed by atoms with Gasteiger partial charge >= 0.3 is 0 Å². The van der Waals surface area contributed by atoms with Gasteiger partial charge in [0.2, 0.25) is 5.91 Å². The molecule has 3 N–H and O–H groups in total. The fraction of sp³-hybridized carbons (Fsp3) is 0.0952. The standard InChI is InChI=1S/C42H36N4O4S2/c1-27-17-21-30(22-18-27)37-28(2)51-42(45-37)46-41(49)38(31-11-6-4-7-12-31)52-35-16-10-15-33(26-35)43-40(48)36(25-29-19-23-34(50-3)24-20-29)44-39(47)32-13-8-5-9-14-32/h4-26,38H,1-3H3,(H,43,48)(H,44,47)(H,45,46,49)/b36-25+. The molecule has 0 aliphatic heterocycles. The number of carbonyl (C=O) groups excluding carboxylic acids is 3. The molecule has 10 heteroatoms. The van der Waals surface area contributed by atoms with Gasteiger partial charge in [0.05, 0.1) is 12.8 Å². The number of aryl methyl sites for hydroxylation is 2. The van der Waals surface area contributed by atoms with E-state index in [-0.39, 0.29) is 11.6 Å². The van der Waals surface area contributed by atoms with E-state index in [0.717, 1.165) is 32.2 Å². The van der Waals surface area contributed by atoms with Gasteiger partial charge in [-0.05, 0) is 73.5 Å². The summed E-state index contributed by atoms with van der Waals surface area (Å²) >= 11 is 2.80. The molecule has 1 unspecified atom stereocenters. The SMILES string of the molecule is COc1ccc(/C=C(/NC(=O)c2ccccc2)C(=O)Nc2cccc(SC(C(=O)Nc3nc(-c4ccc(C)cc4)c(C)s3)c3ccccc3)c2)cc1. The van der Waals surface area contributed by atoms with Crippen LogP contribution in [-0.2, 0) is 9.59 Å². The number of methoxy groups -OCH3 is 1. The summed E-state index contributed by atoms with van der Waals surface area (Å²) in [5.74, 6) is -0.480. The Morgan fingerprint density at radius 1 is 0.788 bits per heavy atom. The van der Waals surface area contributed by atoms with Crippen molar-refractivity contribution in [2.75, 3.05) is 17.7 Å². The topological polar surface area (TPSA) is 109 Å². The highest BCUT2D eigenvalue weighted by Gasteiger charge is 2.24. The molecule has 0 spiro atoms. The zero-order chi connectivity index (χ0) is 36.5. The van der Waals surface area contributed by atoms with Crippen LogP contribution in [0.2, 0.25) is 0 Å². The number of nitrogens with zero attached hydrogens (tertiary/aromatic N) is 1. The van der Waals surface area contributed by atoms with Crippen LogP contribution in [-0.4, -0.2) is 29.8 Å². The van der Waals surface area contributed by atoms with E-state index in [4.69, 9.17) is 9.72 Å². The Bertz CT molecular complexity index is 2200. The molecule has 6 aromatic rings. The van der Waals surface area contributed by atoms with Crippen molar-refractivity contribution in [3.8, 4) is 17.0 Å². The molecule has 1 heterocycles. The molecule has 5 aromatic carbocycles. The van der Waals surface area contributed by atoms with Crippen LogP contribution in [0.1, 0.15) is 37.2 Å². The monoisotopic (exact) mass is 724 g/mol. The van der Waals surface area contributed by atoms with Crippen LogP contribution in [0.5, 0.6) is 5.75 Å². The van der Waals surface area contributed by atoms with Gasteiger partial charge in [-0.3, -0.25) is 14.4 Å². The lowest BCUT2D eigenvalue weighted by atomic mass is 10.1. The van der Waals surface area contributed by atoms with E-state index in [9.17, 15) is 14.4 Å². The molecule has 1 aromatic heterocycles. The molecule has 3 amide bonds. The average molecular weight is 725 g/mol. The fourth-order valence-electron chi connectivity index (χ4n) is 5.29. The van der Waals surface area contributed by atoms with Crippen molar-refractivity contribution in [1.82, 2.24) is 10.3 Å². The Morgan fingerprint density at radius 2 is 1.48 bits per heavy atom. The lowest BCUT2D eigenvalue weighted by molar-refractivity contribution is -0.116. The highest BCUT2D eigenvalue weighted by molar-refractivity contribution is 8.00. The molecule has 0 aliphatic rings. The van der Waals surface area contributed by atoms with Crippen molar-refractivity contribution < 1.29 is 19.1 Å². The predicted molar refractivity (Wildman–Crippen MR) is 211 cm³/mol. The number of hydrogen-bond donors (Lipinski definition) is 3. The van der Waals surface area contributed by atoms with Crippen molar-refractivity contribution in [3.05, 3.63) is 166 Å². The first-order valence-electron chi connectivity index (χ1n) is 16.5. The van der Waals surface area contributed by atoms with E-state index in [2.05, 4.69) is 16.0 Å². The molecule has 0 fully saturated rings. The minimum Gasteiger partial charge on any atom is -0.497 e. The van der Waals surface area contributed by atoms with Crippen LogP contribution in [0.15, 0.2) is 144 Å². The maximum absolute atomic E-state index is 13.9. The van der Waals surface area contributed by atoms with Crippen LogP contribution in [0.3, 0.4) is 0 Å². The van der Waals surface area contributed by atoms with Crippen LogP contribution in [0.4, 0.5) is 10.8 Å². The number of nitrogens with one attached hydrogen (secondary N) is 3. The van der Waals surface area contributed by atoms with Gasteiger partial charge in [-0.1, -0.05) is 96.6 Å². The first kappa shape index (κ1) is 35.8. The summed E-state index contributed by atoms with van der Waals surface area (Å²) in [6.07, 6.45) is 1.61. The summed E-state index contributed by atoms with van der Waals surface area (Å²) in [5, 5.41) is 8.65. The van der Waals surface area contributed by atoms with E-state index in [1.807, 2.05) is 86.6 Å². The van der Waals surface area contributed by atoms with Gasteiger partial charge in [0.25, 0.3) is 11.8 Å². The highest BCUT2D eigenvalue weighted by atomic mass is 32.2. The smallest absolute Gasteiger partial charge is 0.272 e. The number of hydrogen-bond acceptors (Lipinski definition) is 7. The highest BCUT2D eigenvalue weighted by Crippen LogP contribution is 2.38. The maximum Gasteiger partial charge on any atom is 0.272 e. The van der Waals surface area contributed by atoms with E-state index < -0.39 is 17.1 Å². The first-order valence-corrected chi connectivity index (χ1v) is 18.2. The van der Waals surface area contributed by atoms with Crippen molar-refractivity contribution in [2.45, 2.75) is 24.0 Å². The van der Waals surface area contributed by atoms with Gasteiger partial charge in [0.1, 0.15) is 16.7 Å². The fourth-order valence-corrected chi connectivity index (χ4v) is 7.21. The van der Waals surface area contributed by atoms with E-state index >= 15 is 0 Å². The van der Waals surface area contributed by atoms with Gasteiger partial charge in [-0.15, -0.1) is 23.1 Å². The number of carbonyl (C=O) groups is 3. The molecule has 1 atom stereocenters. The van der Waals surface area contributed by atoms with E-state index in [1.54, 1.807) is 73.8 Å². The Labute approximate surface area is 311 Å². The molecule has 0 saturated carbocycles. The summed E-state index contributed by atoms with van der Waals surface area (Å²) in [5.41, 5.74) is 5.48. The second kappa shape index (κ2) is 16.8. The summed E-state index contributed by atoms with van der Waals surface area (Å²) in [6, 6.07) is 40.8. The summed E-state index contributed by atoms with van der Waals surface area (Å²) in [4.78, 5) is 47.3. The van der Waals surface area contributed by atoms with Crippen molar-refractivity contribution in [2.24, 2.45) is 0 Å². The molecule has 52 heavy (non-hydrogen) atoms. The third kappa shape index (κ3) is 9.22. The molecule has 260 valence electrons. The summed E-state index contributed by atoms with van der Waals surface area (Å²) in [7, 11) is 1.58. The molecule has 8 nitrogen and oxygen atoms in total. The molecular formula is C42H36N4O4S2. The zero-order valence-electron chi connectivity index (χ0n) is 28.8. The van der Waals surface area contributed by atoms with Crippen molar-refractivity contribution in [1.29, 1.82) is 0 Å². The number of thioether (sulfide) groups is 1. The average Bonchev–Trinajstić information content (AvgIpc) is 3.54. The number of rotatable bonds is 12. The molecule has 0 bridgehead atoms. The van der Waals surface area contributed by atoms with Gasteiger partial charge in [0, 0.05) is 26.6 Å². The lowest BCUT2D eigenvalue weighted by Crippen LogP contribution is -2.30. The van der Waals surface area contributed by atoms with Gasteiger partial charge < -0.3 is 20.7 Å². The van der Waals surface area contributed by atoms with Crippen LogP contribution in [0, 0.1) is 13.8 Å². The predicted octanol–water partition coefficient (Wildman–Crippen LogP) is 9.32. The largest absolute Gasteiger partial charge is 0.497 e. The molecule has 0 saturated heterocycles. The minimum absolute atomic E-state index is 0.0577. The lowest BCUT2D eigenvalue weighted by Gasteiger charge is -2.17. The number of aromatic nitrogens is 1. The number of ether oxygens (including phenoxy) is 1. The number of thiazole rings is 1. The Kier molecular flexibility index (Phi) is 11.6. The van der Waals surface area contributed by atoms with E-state index in [0.29, 0.717) is 27.7 Å². The normalized spacial score (nSPS) is 11.7. The quantitative estimate of drug-likeness (QED) is 0.0858. The first-order chi connectivity index (χ1) is 25.2. The molecule has 0 aliphatic carbocycles. The van der Waals surface area contributed by atoms with Crippen LogP contribution in [0.25, 0.3) is 17.3 Å². The Morgan fingerprint density at radius 3 is 2.17 bits per heavy atom. The van der Waals surface area contributed by atoms with Crippen LogP contribution >= 0.6 is 23.1 Å². The molecule has 0 radical (unpaired) electrons. The number of anilines is 2. The third-order valence-electron chi connectivity index (χ3n) is 7.99. The van der Waals surface area contributed by atoms with Crippen molar-refractivity contribution >= 4 is 57.7 Å². The summed E-state index contributed by atoms with van der Waals surface area (Å²) in [6.45, 7) is 4.04. The Balaban J connectivity index is 1.22.